The summed E-state index contributed by atoms with van der Waals surface area (Å²) in [4.78, 5) is 13.6. The lowest BCUT2D eigenvalue weighted by Gasteiger charge is -2.36. The van der Waals surface area contributed by atoms with Gasteiger partial charge in [-0.15, -0.1) is 0 Å². The number of guanidine groups is 1. The summed E-state index contributed by atoms with van der Waals surface area (Å²) in [6.07, 6.45) is 3.46. The second-order valence-electron chi connectivity index (χ2n) is 5.62. The zero-order valence-corrected chi connectivity index (χ0v) is 15.1. The molecule has 0 spiro atoms. The van der Waals surface area contributed by atoms with E-state index in [1.165, 1.54) is 11.5 Å². The van der Waals surface area contributed by atoms with Gasteiger partial charge >= 0.3 is 0 Å². The quantitative estimate of drug-likeness (QED) is 0.654. The van der Waals surface area contributed by atoms with E-state index in [-0.39, 0.29) is 0 Å². The van der Waals surface area contributed by atoms with Crippen molar-refractivity contribution < 1.29 is 4.42 Å². The molecule has 0 saturated carbocycles. The third kappa shape index (κ3) is 4.05. The molecule has 0 radical (unpaired) electrons. The molecule has 1 saturated heterocycles. The number of anilines is 1. The Kier molecular flexibility index (Phi) is 5.68. The topological polar surface area (TPSA) is 69.8 Å². The monoisotopic (exact) mass is 348 g/mol. The van der Waals surface area contributed by atoms with Crippen molar-refractivity contribution in [2.45, 2.75) is 19.8 Å². The highest BCUT2D eigenvalue weighted by molar-refractivity contribution is 7.09. The summed E-state index contributed by atoms with van der Waals surface area (Å²) in [5.74, 6) is 2.88. The molecule has 2 aromatic heterocycles. The predicted octanol–water partition coefficient (Wildman–Crippen LogP) is 1.63. The molecule has 130 valence electrons. The standard InChI is InChI=1S/C16H24N6OS/c1-3-14-19-16(24-20-14)22-10-8-21(9-11-22)15(17-2)18-7-6-13-5-4-12-23-13/h4-5,12H,3,6-11H2,1-2H3,(H,17,18). The van der Waals surface area contributed by atoms with Crippen LogP contribution in [0, 0.1) is 0 Å². The van der Waals surface area contributed by atoms with Gasteiger partial charge in [-0.2, -0.15) is 4.37 Å². The summed E-state index contributed by atoms with van der Waals surface area (Å²) in [6.45, 7) is 6.65. The Morgan fingerprint density at radius 1 is 1.38 bits per heavy atom. The molecular formula is C16H24N6OS. The minimum atomic E-state index is 0.816. The number of nitrogens with one attached hydrogen (secondary N) is 1. The van der Waals surface area contributed by atoms with Gasteiger partial charge in [0.05, 0.1) is 6.26 Å². The number of aliphatic imine (C=N–C) groups is 1. The van der Waals surface area contributed by atoms with Gasteiger partial charge in [-0.1, -0.05) is 6.92 Å². The first-order chi connectivity index (χ1) is 11.8. The van der Waals surface area contributed by atoms with Crippen LogP contribution in [0.2, 0.25) is 0 Å². The van der Waals surface area contributed by atoms with Crippen LogP contribution in [0.15, 0.2) is 27.8 Å². The fourth-order valence-corrected chi connectivity index (χ4v) is 3.51. The van der Waals surface area contributed by atoms with Gasteiger partial charge in [0.1, 0.15) is 11.6 Å². The van der Waals surface area contributed by atoms with Gasteiger partial charge in [0.15, 0.2) is 5.96 Å². The Hall–Kier alpha value is -2.09. The molecule has 0 aliphatic carbocycles. The van der Waals surface area contributed by atoms with Crippen molar-refractivity contribution in [3.63, 3.8) is 0 Å². The van der Waals surface area contributed by atoms with Crippen LogP contribution in [0.25, 0.3) is 0 Å². The average molecular weight is 348 g/mol. The Morgan fingerprint density at radius 2 is 2.21 bits per heavy atom. The lowest BCUT2D eigenvalue weighted by Crippen LogP contribution is -2.52. The molecule has 0 unspecified atom stereocenters. The number of hydrogen-bond acceptors (Lipinski definition) is 6. The maximum atomic E-state index is 5.36. The number of nitrogens with zero attached hydrogens (tertiary/aromatic N) is 5. The first kappa shape index (κ1) is 16.8. The van der Waals surface area contributed by atoms with Crippen molar-refractivity contribution in [1.82, 2.24) is 19.6 Å². The highest BCUT2D eigenvalue weighted by atomic mass is 32.1. The first-order valence-electron chi connectivity index (χ1n) is 8.35. The first-order valence-corrected chi connectivity index (χ1v) is 9.13. The van der Waals surface area contributed by atoms with Crippen molar-refractivity contribution in [2.75, 3.05) is 44.7 Å². The van der Waals surface area contributed by atoms with E-state index in [4.69, 9.17) is 4.42 Å². The van der Waals surface area contributed by atoms with Crippen molar-refractivity contribution in [1.29, 1.82) is 0 Å². The van der Waals surface area contributed by atoms with Crippen LogP contribution in [0.4, 0.5) is 5.13 Å². The Balaban J connectivity index is 1.47. The van der Waals surface area contributed by atoms with Crippen molar-refractivity contribution in [3.8, 4) is 0 Å². The number of aromatic nitrogens is 2. The summed E-state index contributed by atoms with van der Waals surface area (Å²) in [7, 11) is 1.83. The van der Waals surface area contributed by atoms with Crippen LogP contribution in [-0.2, 0) is 12.8 Å². The number of piperazine rings is 1. The number of rotatable bonds is 5. The van der Waals surface area contributed by atoms with Crippen molar-refractivity contribution >= 4 is 22.6 Å². The summed E-state index contributed by atoms with van der Waals surface area (Å²) in [5, 5.41) is 4.45. The molecule has 1 aliphatic rings. The summed E-state index contributed by atoms with van der Waals surface area (Å²) in [6, 6.07) is 3.91. The zero-order valence-electron chi connectivity index (χ0n) is 14.2. The smallest absolute Gasteiger partial charge is 0.205 e. The largest absolute Gasteiger partial charge is 0.469 e. The van der Waals surface area contributed by atoms with Crippen LogP contribution >= 0.6 is 11.5 Å². The van der Waals surface area contributed by atoms with Crippen LogP contribution in [0.5, 0.6) is 0 Å². The van der Waals surface area contributed by atoms with Crippen LogP contribution in [-0.4, -0.2) is 60.0 Å². The summed E-state index contributed by atoms with van der Waals surface area (Å²) >= 11 is 1.50. The number of aryl methyl sites for hydroxylation is 1. The minimum absolute atomic E-state index is 0.816. The molecule has 1 fully saturated rings. The van der Waals surface area contributed by atoms with Gasteiger partial charge in [0.25, 0.3) is 0 Å². The van der Waals surface area contributed by atoms with E-state index in [1.807, 2.05) is 19.2 Å². The molecule has 24 heavy (non-hydrogen) atoms. The maximum absolute atomic E-state index is 5.36. The fraction of sp³-hybridized carbons (Fsp3) is 0.562. The van der Waals surface area contributed by atoms with Gasteiger partial charge in [-0.3, -0.25) is 4.99 Å². The normalized spacial score (nSPS) is 15.8. The van der Waals surface area contributed by atoms with Gasteiger partial charge in [-0.25, -0.2) is 4.98 Å². The molecule has 3 rings (SSSR count). The van der Waals surface area contributed by atoms with Crippen LogP contribution in [0.1, 0.15) is 18.5 Å². The molecule has 0 aromatic carbocycles. The SMILES string of the molecule is CCc1nsc(N2CCN(C(=NC)NCCc3ccco3)CC2)n1. The van der Waals surface area contributed by atoms with E-state index >= 15 is 0 Å². The third-order valence-corrected chi connectivity index (χ3v) is 4.88. The zero-order chi connectivity index (χ0) is 16.8. The summed E-state index contributed by atoms with van der Waals surface area (Å²) < 4.78 is 9.73. The van der Waals surface area contributed by atoms with E-state index in [2.05, 4.69) is 36.4 Å². The third-order valence-electron chi connectivity index (χ3n) is 4.07. The van der Waals surface area contributed by atoms with Gasteiger partial charge in [-0.05, 0) is 12.1 Å². The van der Waals surface area contributed by atoms with E-state index in [0.717, 1.165) is 68.2 Å². The van der Waals surface area contributed by atoms with Gasteiger partial charge in [0.2, 0.25) is 5.13 Å². The highest BCUT2D eigenvalue weighted by Gasteiger charge is 2.21. The molecule has 0 bridgehead atoms. The predicted molar refractivity (Wildman–Crippen MR) is 96.8 cm³/mol. The second kappa shape index (κ2) is 8.14. The molecule has 7 nitrogen and oxygen atoms in total. The minimum Gasteiger partial charge on any atom is -0.469 e. The lowest BCUT2D eigenvalue weighted by atomic mass is 10.3. The molecule has 0 atom stereocenters. The average Bonchev–Trinajstić information content (AvgIpc) is 3.30. The van der Waals surface area contributed by atoms with Crippen LogP contribution in [0.3, 0.4) is 0 Å². The van der Waals surface area contributed by atoms with Gasteiger partial charge < -0.3 is 19.5 Å². The fourth-order valence-electron chi connectivity index (χ4n) is 2.71. The Morgan fingerprint density at radius 3 is 2.83 bits per heavy atom. The molecule has 8 heteroatoms. The number of furan rings is 1. The molecule has 3 heterocycles. The Labute approximate surface area is 146 Å². The van der Waals surface area contributed by atoms with E-state index in [9.17, 15) is 0 Å². The maximum Gasteiger partial charge on any atom is 0.205 e. The van der Waals surface area contributed by atoms with E-state index in [1.54, 1.807) is 6.26 Å². The van der Waals surface area contributed by atoms with Gasteiger partial charge in [0, 0.05) is 64.1 Å². The van der Waals surface area contributed by atoms with Crippen molar-refractivity contribution in [2.24, 2.45) is 4.99 Å². The molecule has 2 aromatic rings. The van der Waals surface area contributed by atoms with E-state index < -0.39 is 0 Å². The van der Waals surface area contributed by atoms with Crippen LogP contribution < -0.4 is 10.2 Å². The molecule has 0 amide bonds. The molecule has 1 N–H and O–H groups in total. The summed E-state index contributed by atoms with van der Waals surface area (Å²) in [5.41, 5.74) is 0. The second-order valence-corrected chi connectivity index (χ2v) is 6.35. The lowest BCUT2D eigenvalue weighted by molar-refractivity contribution is 0.372. The van der Waals surface area contributed by atoms with E-state index in [0.29, 0.717) is 0 Å². The Bertz CT molecular complexity index is 645. The van der Waals surface area contributed by atoms with Crippen molar-refractivity contribution in [3.05, 3.63) is 30.0 Å². The molecule has 1 aliphatic heterocycles. The molecular weight excluding hydrogens is 324 g/mol. The highest BCUT2D eigenvalue weighted by Crippen LogP contribution is 2.19. The number of hydrogen-bond donors (Lipinski definition) is 1.